The van der Waals surface area contributed by atoms with E-state index in [1.165, 1.54) is 11.1 Å². The summed E-state index contributed by atoms with van der Waals surface area (Å²) in [4.78, 5) is 24.6. The monoisotopic (exact) mass is 434 g/mol. The van der Waals surface area contributed by atoms with E-state index in [1.54, 1.807) is 17.8 Å². The molecule has 2 aromatic carbocycles. The Bertz CT molecular complexity index is 975. The normalized spacial score (nSPS) is 15.0. The number of anilines is 1. The Morgan fingerprint density at radius 3 is 2.06 bits per heavy atom. The van der Waals surface area contributed by atoms with Crippen molar-refractivity contribution in [3.8, 4) is 0 Å². The molecule has 0 unspecified atom stereocenters. The van der Waals surface area contributed by atoms with Gasteiger partial charge in [-0.1, -0.05) is 74.5 Å². The van der Waals surface area contributed by atoms with Crippen molar-refractivity contribution in [2.24, 2.45) is 0 Å². The zero-order valence-electron chi connectivity index (χ0n) is 18.2. The van der Waals surface area contributed by atoms with E-state index in [4.69, 9.17) is 4.98 Å². The number of benzene rings is 2. The number of thioether (sulfide) groups is 1. The Labute approximate surface area is 188 Å². The van der Waals surface area contributed by atoms with E-state index in [0.717, 1.165) is 37.6 Å². The second-order valence-corrected chi connectivity index (χ2v) is 9.73. The molecule has 1 fully saturated rings. The Morgan fingerprint density at radius 1 is 0.935 bits per heavy atom. The predicted molar refractivity (Wildman–Crippen MR) is 130 cm³/mol. The Morgan fingerprint density at radius 2 is 1.52 bits per heavy atom. The highest BCUT2D eigenvalue weighted by atomic mass is 32.2. The van der Waals surface area contributed by atoms with Crippen LogP contribution in [0.15, 0.2) is 71.5 Å². The summed E-state index contributed by atoms with van der Waals surface area (Å²) < 4.78 is 0. The van der Waals surface area contributed by atoms with Gasteiger partial charge in [0.05, 0.1) is 11.7 Å². The van der Waals surface area contributed by atoms with Crippen LogP contribution in [-0.2, 0) is 5.75 Å². The lowest BCUT2D eigenvalue weighted by molar-refractivity contribution is 0.211. The van der Waals surface area contributed by atoms with Gasteiger partial charge in [0, 0.05) is 38.0 Å². The van der Waals surface area contributed by atoms with Crippen LogP contribution in [0.2, 0.25) is 0 Å². The van der Waals surface area contributed by atoms with Crippen LogP contribution < -0.4 is 10.5 Å². The van der Waals surface area contributed by atoms with E-state index in [0.29, 0.717) is 11.2 Å². The van der Waals surface area contributed by atoms with E-state index in [2.05, 4.69) is 89.3 Å². The van der Waals surface area contributed by atoms with Gasteiger partial charge in [0.1, 0.15) is 0 Å². The molecule has 31 heavy (non-hydrogen) atoms. The first-order valence-electron chi connectivity index (χ1n) is 10.9. The minimum atomic E-state index is -0.0711. The molecule has 0 amide bonds. The van der Waals surface area contributed by atoms with Crippen LogP contribution >= 0.6 is 11.8 Å². The van der Waals surface area contributed by atoms with E-state index < -0.39 is 0 Å². The summed E-state index contributed by atoms with van der Waals surface area (Å²) in [5, 5.41) is 0.515. The van der Waals surface area contributed by atoms with Crippen molar-refractivity contribution in [2.75, 3.05) is 31.1 Å². The number of nitrogens with one attached hydrogen (secondary N) is 1. The maximum absolute atomic E-state index is 12.2. The van der Waals surface area contributed by atoms with Gasteiger partial charge < -0.3 is 4.90 Å². The molecule has 162 valence electrons. The average molecular weight is 435 g/mol. The first kappa shape index (κ1) is 21.7. The van der Waals surface area contributed by atoms with Crippen LogP contribution in [0.3, 0.4) is 0 Å². The summed E-state index contributed by atoms with van der Waals surface area (Å²) in [6.07, 6.45) is 0. The molecule has 0 radical (unpaired) electrons. The minimum absolute atomic E-state index is 0.0711. The number of rotatable bonds is 7. The second-order valence-electron chi connectivity index (χ2n) is 8.17. The maximum atomic E-state index is 12.2. The zero-order chi connectivity index (χ0) is 21.6. The molecule has 1 saturated heterocycles. The number of hydrogen-bond acceptors (Lipinski definition) is 5. The third kappa shape index (κ3) is 5.57. The fraction of sp³-hybridized carbons (Fsp3) is 0.360. The summed E-state index contributed by atoms with van der Waals surface area (Å²) in [6, 6.07) is 23.2. The Hall–Kier alpha value is -2.57. The summed E-state index contributed by atoms with van der Waals surface area (Å²) in [6.45, 7) is 7.80. The molecule has 1 aromatic heterocycles. The van der Waals surface area contributed by atoms with Gasteiger partial charge in [0.15, 0.2) is 0 Å². The number of piperazine rings is 1. The topological polar surface area (TPSA) is 52.2 Å². The molecule has 0 bridgehead atoms. The maximum Gasteiger partial charge on any atom is 0.252 e. The number of aromatic nitrogens is 2. The quantitative estimate of drug-likeness (QED) is 0.600. The third-order valence-corrected chi connectivity index (χ3v) is 6.69. The van der Waals surface area contributed by atoms with Crippen LogP contribution in [0.1, 0.15) is 36.7 Å². The first-order valence-corrected chi connectivity index (χ1v) is 12.0. The lowest BCUT2D eigenvalue weighted by Gasteiger charge is -2.40. The van der Waals surface area contributed by atoms with Crippen LogP contribution in [0.5, 0.6) is 0 Å². The summed E-state index contributed by atoms with van der Waals surface area (Å²) in [5.41, 5.74) is 3.40. The van der Waals surface area contributed by atoms with Crippen molar-refractivity contribution in [1.29, 1.82) is 0 Å². The molecule has 5 nitrogen and oxygen atoms in total. The van der Waals surface area contributed by atoms with Crippen molar-refractivity contribution in [3.63, 3.8) is 0 Å². The van der Waals surface area contributed by atoms with Gasteiger partial charge in [-0.05, 0) is 16.4 Å². The highest BCUT2D eigenvalue weighted by Crippen LogP contribution is 2.30. The molecular formula is C25H30N4OS. The van der Waals surface area contributed by atoms with Crippen molar-refractivity contribution < 1.29 is 0 Å². The molecule has 1 N–H and O–H groups in total. The fourth-order valence-electron chi connectivity index (χ4n) is 4.05. The zero-order valence-corrected chi connectivity index (χ0v) is 19.0. The van der Waals surface area contributed by atoms with Crippen LogP contribution in [0.25, 0.3) is 0 Å². The van der Waals surface area contributed by atoms with Crippen molar-refractivity contribution in [3.05, 3.63) is 93.9 Å². The average Bonchev–Trinajstić information content (AvgIpc) is 2.79. The number of H-pyrrole nitrogens is 1. The van der Waals surface area contributed by atoms with Crippen LogP contribution in [0.4, 0.5) is 5.95 Å². The molecule has 3 aromatic rings. The second kappa shape index (κ2) is 10.2. The van der Waals surface area contributed by atoms with Crippen molar-refractivity contribution in [1.82, 2.24) is 14.9 Å². The standard InChI is InChI=1S/C25H30N4OS/c1-19(2)31-18-22-17-23(30)27-25(26-22)29-15-13-28(14-16-29)24(20-9-5-3-6-10-20)21-11-7-4-8-12-21/h3-12,17,19,24H,13-16,18H2,1-2H3,(H,26,27,30). The first-order chi connectivity index (χ1) is 15.1. The lowest BCUT2D eigenvalue weighted by atomic mass is 9.96. The van der Waals surface area contributed by atoms with Gasteiger partial charge in [0.25, 0.3) is 5.56 Å². The van der Waals surface area contributed by atoms with Crippen molar-refractivity contribution >= 4 is 17.7 Å². The van der Waals surface area contributed by atoms with Gasteiger partial charge in [-0.25, -0.2) is 4.98 Å². The molecule has 0 atom stereocenters. The highest BCUT2D eigenvalue weighted by Gasteiger charge is 2.27. The molecule has 1 aliphatic rings. The molecule has 4 rings (SSSR count). The smallest absolute Gasteiger partial charge is 0.252 e. The molecule has 0 spiro atoms. The summed E-state index contributed by atoms with van der Waals surface area (Å²) >= 11 is 1.81. The number of aromatic amines is 1. The lowest BCUT2D eigenvalue weighted by Crippen LogP contribution is -2.48. The van der Waals surface area contributed by atoms with Gasteiger partial charge in [-0.3, -0.25) is 14.7 Å². The number of nitrogens with zero attached hydrogens (tertiary/aromatic N) is 3. The SMILES string of the molecule is CC(C)SCc1cc(=O)[nH]c(N2CCN(C(c3ccccc3)c3ccccc3)CC2)n1. The van der Waals surface area contributed by atoms with E-state index in [1.807, 2.05) is 0 Å². The molecule has 0 aliphatic carbocycles. The third-order valence-electron chi connectivity index (χ3n) is 5.56. The fourth-order valence-corrected chi connectivity index (χ4v) is 4.70. The van der Waals surface area contributed by atoms with Gasteiger partial charge in [-0.15, -0.1) is 0 Å². The van der Waals surface area contributed by atoms with E-state index >= 15 is 0 Å². The van der Waals surface area contributed by atoms with Crippen LogP contribution in [-0.4, -0.2) is 46.3 Å². The van der Waals surface area contributed by atoms with Gasteiger partial charge in [0.2, 0.25) is 5.95 Å². The Balaban J connectivity index is 1.50. The predicted octanol–water partition coefficient (Wildman–Crippen LogP) is 4.32. The molecule has 1 aliphatic heterocycles. The summed E-state index contributed by atoms with van der Waals surface area (Å²) in [5.74, 6) is 1.46. The van der Waals surface area contributed by atoms with Gasteiger partial charge in [-0.2, -0.15) is 11.8 Å². The van der Waals surface area contributed by atoms with E-state index in [-0.39, 0.29) is 11.6 Å². The highest BCUT2D eigenvalue weighted by molar-refractivity contribution is 7.99. The van der Waals surface area contributed by atoms with Gasteiger partial charge >= 0.3 is 0 Å². The molecule has 6 heteroatoms. The van der Waals surface area contributed by atoms with E-state index in [9.17, 15) is 4.79 Å². The number of hydrogen-bond donors (Lipinski definition) is 1. The Kier molecular flexibility index (Phi) is 7.10. The minimum Gasteiger partial charge on any atom is -0.340 e. The largest absolute Gasteiger partial charge is 0.340 e. The molecular weight excluding hydrogens is 404 g/mol. The molecule has 0 saturated carbocycles. The molecule has 2 heterocycles. The summed E-state index contributed by atoms with van der Waals surface area (Å²) in [7, 11) is 0. The van der Waals surface area contributed by atoms with Crippen molar-refractivity contribution in [2.45, 2.75) is 30.9 Å². The van der Waals surface area contributed by atoms with Crippen LogP contribution in [0, 0.1) is 0 Å².